The van der Waals surface area contributed by atoms with Gasteiger partial charge in [0.2, 0.25) is 0 Å². The largest absolute Gasteiger partial charge is 0.489 e. The van der Waals surface area contributed by atoms with E-state index in [1.165, 1.54) is 0 Å². The van der Waals surface area contributed by atoms with Crippen molar-refractivity contribution in [2.75, 3.05) is 0 Å². The zero-order valence-corrected chi connectivity index (χ0v) is 16.9. The third-order valence-electron chi connectivity index (χ3n) is 4.84. The van der Waals surface area contributed by atoms with E-state index in [-0.39, 0.29) is 12.1 Å². The van der Waals surface area contributed by atoms with Gasteiger partial charge in [0.1, 0.15) is 12.4 Å². The Kier molecular flexibility index (Phi) is 6.54. The van der Waals surface area contributed by atoms with Gasteiger partial charge in [-0.05, 0) is 31.9 Å². The molecule has 0 unspecified atom stereocenters. The van der Waals surface area contributed by atoms with Crippen molar-refractivity contribution >= 4 is 12.0 Å². The molecule has 3 rings (SSSR count). The Bertz CT molecular complexity index is 908. The Morgan fingerprint density at radius 3 is 2.52 bits per heavy atom. The minimum absolute atomic E-state index is 0.217. The molecule has 0 aromatic heterocycles. The van der Waals surface area contributed by atoms with E-state index < -0.39 is 12.0 Å². The van der Waals surface area contributed by atoms with Gasteiger partial charge in [-0.15, -0.1) is 0 Å². The van der Waals surface area contributed by atoms with Gasteiger partial charge in [-0.1, -0.05) is 55.5 Å². The van der Waals surface area contributed by atoms with Crippen LogP contribution in [0.5, 0.6) is 5.75 Å². The summed E-state index contributed by atoms with van der Waals surface area (Å²) in [6.07, 6.45) is 0.491. The predicted molar refractivity (Wildman–Crippen MR) is 110 cm³/mol. The van der Waals surface area contributed by atoms with Gasteiger partial charge in [0.15, 0.2) is 0 Å². The number of para-hydroxylation sites is 1. The Morgan fingerprint density at radius 1 is 1.10 bits per heavy atom. The van der Waals surface area contributed by atoms with Crippen molar-refractivity contribution in [3.05, 3.63) is 77.0 Å². The lowest BCUT2D eigenvalue weighted by molar-refractivity contribution is -0.144. The average molecular weight is 394 g/mol. The number of carbonyl (C=O) groups is 2. The maximum atomic E-state index is 12.8. The predicted octanol–water partition coefficient (Wildman–Crippen LogP) is 4.24. The number of carbonyl (C=O) groups excluding carboxylic acids is 2. The third kappa shape index (κ3) is 4.96. The number of esters is 1. The van der Waals surface area contributed by atoms with Crippen LogP contribution in [0.25, 0.3) is 0 Å². The van der Waals surface area contributed by atoms with E-state index in [2.05, 4.69) is 10.6 Å². The van der Waals surface area contributed by atoms with Crippen molar-refractivity contribution in [1.82, 2.24) is 10.6 Å². The maximum Gasteiger partial charge on any atom is 0.338 e. The summed E-state index contributed by atoms with van der Waals surface area (Å²) in [5.41, 5.74) is 2.58. The lowest BCUT2D eigenvalue weighted by Gasteiger charge is -2.29. The second kappa shape index (κ2) is 9.28. The molecule has 6 heteroatoms. The van der Waals surface area contributed by atoms with E-state index in [4.69, 9.17) is 9.47 Å². The molecule has 152 valence electrons. The third-order valence-corrected chi connectivity index (χ3v) is 4.84. The molecule has 29 heavy (non-hydrogen) atoms. The number of amides is 2. The highest BCUT2D eigenvalue weighted by molar-refractivity contribution is 5.95. The van der Waals surface area contributed by atoms with Gasteiger partial charge in [0.25, 0.3) is 0 Å². The summed E-state index contributed by atoms with van der Waals surface area (Å²) in [5, 5.41) is 5.50. The first-order valence-electron chi connectivity index (χ1n) is 9.74. The van der Waals surface area contributed by atoms with Gasteiger partial charge in [-0.3, -0.25) is 0 Å². The summed E-state index contributed by atoms with van der Waals surface area (Å²) in [6.45, 7) is 5.87. The van der Waals surface area contributed by atoms with Crippen LogP contribution in [0.4, 0.5) is 4.79 Å². The number of urea groups is 1. The Balaban J connectivity index is 1.91. The summed E-state index contributed by atoms with van der Waals surface area (Å²) in [7, 11) is 0. The van der Waals surface area contributed by atoms with Crippen molar-refractivity contribution in [2.45, 2.75) is 45.9 Å². The topological polar surface area (TPSA) is 76.7 Å². The molecule has 2 N–H and O–H groups in total. The van der Waals surface area contributed by atoms with Gasteiger partial charge in [0.05, 0.1) is 17.7 Å². The molecule has 2 amide bonds. The van der Waals surface area contributed by atoms with E-state index in [1.807, 2.05) is 68.4 Å². The smallest absolute Gasteiger partial charge is 0.338 e. The first-order chi connectivity index (χ1) is 14.0. The summed E-state index contributed by atoms with van der Waals surface area (Å²) in [5.74, 6) is 0.150. The van der Waals surface area contributed by atoms with E-state index in [9.17, 15) is 9.59 Å². The lowest BCUT2D eigenvalue weighted by atomic mass is 9.94. The number of nitrogens with one attached hydrogen (secondary N) is 2. The molecule has 6 nitrogen and oxygen atoms in total. The summed E-state index contributed by atoms with van der Waals surface area (Å²) in [6, 6.07) is 16.2. The molecule has 0 spiro atoms. The minimum atomic E-state index is -0.660. The fraction of sp³-hybridized carbons (Fsp3) is 0.304. The van der Waals surface area contributed by atoms with Gasteiger partial charge in [-0.2, -0.15) is 0 Å². The number of benzene rings is 2. The molecule has 1 heterocycles. The molecule has 2 aromatic carbocycles. The summed E-state index contributed by atoms with van der Waals surface area (Å²) in [4.78, 5) is 25.0. The highest BCUT2D eigenvalue weighted by atomic mass is 16.5. The van der Waals surface area contributed by atoms with Crippen molar-refractivity contribution in [2.24, 2.45) is 0 Å². The molecule has 1 aliphatic rings. The molecule has 2 atom stereocenters. The SMILES string of the molecule is CC[C@@H](C)OC(=O)C1=C(C)NC(=O)N[C@H]1c1ccccc1OCc1ccccc1. The first-order valence-corrected chi connectivity index (χ1v) is 9.74. The quantitative estimate of drug-likeness (QED) is 0.689. The van der Waals surface area contributed by atoms with E-state index in [1.54, 1.807) is 6.92 Å². The Hall–Kier alpha value is -3.28. The van der Waals surface area contributed by atoms with Gasteiger partial charge in [0, 0.05) is 11.3 Å². The molecule has 1 aliphatic heterocycles. The fourth-order valence-electron chi connectivity index (χ4n) is 3.11. The highest BCUT2D eigenvalue weighted by Crippen LogP contribution is 2.34. The van der Waals surface area contributed by atoms with Gasteiger partial charge in [-0.25, -0.2) is 9.59 Å². The average Bonchev–Trinajstić information content (AvgIpc) is 2.72. The number of allylic oxidation sites excluding steroid dienone is 1. The molecule has 0 bridgehead atoms. The van der Waals surface area contributed by atoms with Gasteiger partial charge < -0.3 is 20.1 Å². The lowest BCUT2D eigenvalue weighted by Crippen LogP contribution is -2.45. The van der Waals surface area contributed by atoms with Gasteiger partial charge >= 0.3 is 12.0 Å². The van der Waals surface area contributed by atoms with Crippen molar-refractivity contribution in [1.29, 1.82) is 0 Å². The molecule has 0 saturated heterocycles. The van der Waals surface area contributed by atoms with Crippen LogP contribution in [0.2, 0.25) is 0 Å². The van der Waals surface area contributed by atoms with E-state index in [0.29, 0.717) is 35.6 Å². The fourth-order valence-corrected chi connectivity index (χ4v) is 3.11. The van der Waals surface area contributed by atoms with Crippen LogP contribution >= 0.6 is 0 Å². The number of hydrogen-bond donors (Lipinski definition) is 2. The normalized spacial score (nSPS) is 17.2. The summed E-state index contributed by atoms with van der Waals surface area (Å²) < 4.78 is 11.6. The standard InChI is InChI=1S/C23H26N2O4/c1-4-15(2)29-22(26)20-16(3)24-23(27)25-21(20)18-12-8-9-13-19(18)28-14-17-10-6-5-7-11-17/h5-13,15,21H,4,14H2,1-3H3,(H2,24,25,27)/t15-,21+/m1/s1. The molecule has 2 aromatic rings. The van der Waals surface area contributed by atoms with Crippen LogP contribution in [0.15, 0.2) is 65.9 Å². The highest BCUT2D eigenvalue weighted by Gasteiger charge is 2.34. The number of ether oxygens (including phenoxy) is 2. The van der Waals surface area contributed by atoms with Crippen LogP contribution < -0.4 is 15.4 Å². The zero-order chi connectivity index (χ0) is 20.8. The second-order valence-corrected chi connectivity index (χ2v) is 7.01. The number of rotatable bonds is 7. The van der Waals surface area contributed by atoms with E-state index in [0.717, 1.165) is 5.56 Å². The first kappa shape index (κ1) is 20.5. The monoisotopic (exact) mass is 394 g/mol. The van der Waals surface area contributed by atoms with E-state index >= 15 is 0 Å². The molecule has 0 aliphatic carbocycles. The molecular formula is C23H26N2O4. The molecule has 0 fully saturated rings. The molecule has 0 saturated carbocycles. The van der Waals surface area contributed by atoms with Crippen molar-refractivity contribution in [3.63, 3.8) is 0 Å². The second-order valence-electron chi connectivity index (χ2n) is 7.01. The zero-order valence-electron chi connectivity index (χ0n) is 16.9. The van der Waals surface area contributed by atoms with Crippen LogP contribution in [0.3, 0.4) is 0 Å². The Morgan fingerprint density at radius 2 is 1.79 bits per heavy atom. The van der Waals surface area contributed by atoms with Crippen LogP contribution in [0, 0.1) is 0 Å². The van der Waals surface area contributed by atoms with Crippen LogP contribution in [-0.4, -0.2) is 18.1 Å². The van der Waals surface area contributed by atoms with Crippen molar-refractivity contribution in [3.8, 4) is 5.75 Å². The summed E-state index contributed by atoms with van der Waals surface area (Å²) >= 11 is 0. The Labute approximate surface area is 170 Å². The molecule has 0 radical (unpaired) electrons. The molecular weight excluding hydrogens is 368 g/mol. The van der Waals surface area contributed by atoms with Crippen LogP contribution in [0.1, 0.15) is 44.4 Å². The maximum absolute atomic E-state index is 12.8. The van der Waals surface area contributed by atoms with Crippen molar-refractivity contribution < 1.29 is 19.1 Å². The van der Waals surface area contributed by atoms with Crippen LogP contribution in [-0.2, 0) is 16.1 Å². The minimum Gasteiger partial charge on any atom is -0.489 e. The number of hydrogen-bond acceptors (Lipinski definition) is 4.